The Hall–Kier alpha value is -1.17. The minimum Gasteiger partial charge on any atom is -0.481 e. The van der Waals surface area contributed by atoms with E-state index in [1.54, 1.807) is 6.08 Å². The molecule has 4 N–H and O–H groups in total. The van der Waals surface area contributed by atoms with E-state index in [2.05, 4.69) is 6.92 Å². The molecule has 0 amide bonds. The summed E-state index contributed by atoms with van der Waals surface area (Å²) in [6.45, 7) is 2.12. The number of hydrogen-bond donors (Lipinski definition) is 4. The van der Waals surface area contributed by atoms with Crippen molar-refractivity contribution in [2.24, 2.45) is 11.8 Å². The van der Waals surface area contributed by atoms with E-state index < -0.39 is 24.3 Å². The lowest BCUT2D eigenvalue weighted by atomic mass is 9.89. The molecule has 0 radical (unpaired) electrons. The first-order valence-electron chi connectivity index (χ1n) is 9.55. The van der Waals surface area contributed by atoms with Gasteiger partial charge in [-0.15, -0.1) is 0 Å². The molecule has 25 heavy (non-hydrogen) atoms. The molecule has 0 aromatic rings. The summed E-state index contributed by atoms with van der Waals surface area (Å²) in [5.41, 5.74) is 0. The quantitative estimate of drug-likeness (QED) is 0.319. The second-order valence-electron chi connectivity index (χ2n) is 7.05. The summed E-state index contributed by atoms with van der Waals surface area (Å²) in [5, 5.41) is 39.0. The highest BCUT2D eigenvalue weighted by Gasteiger charge is 2.39. The Morgan fingerprint density at radius 2 is 1.92 bits per heavy atom. The summed E-state index contributed by atoms with van der Waals surface area (Å²) in [7, 11) is 0. The van der Waals surface area contributed by atoms with Crippen molar-refractivity contribution in [1.29, 1.82) is 0 Å². The van der Waals surface area contributed by atoms with E-state index in [0.29, 0.717) is 25.7 Å². The standard InChI is InChI=1S/C20H34O5/c1-2-3-6-9-15(21)12-13-17-16(18(22)14-19(17)23)10-7-4-5-8-11-20(24)25/h4,7,12-13,15-19,21-23H,2-3,5-6,8-11,14H2,1H3,(H,24,25)/b7-4-,13-12+/t15-,16-,17+,18+,19-/m1/s1. The number of aliphatic hydroxyl groups is 3. The SMILES string of the molecule is CCCCC[C@@H](O)/C=C/[C@H]1[C@@H](C/C=C\CCCC(=O)O)[C@@H](O)C[C@H]1O. The molecule has 0 spiro atoms. The van der Waals surface area contributed by atoms with Crippen molar-refractivity contribution in [1.82, 2.24) is 0 Å². The van der Waals surface area contributed by atoms with Gasteiger partial charge in [0.05, 0.1) is 18.3 Å². The summed E-state index contributed by atoms with van der Waals surface area (Å²) in [6.07, 6.45) is 12.3. The first-order chi connectivity index (χ1) is 12.0. The number of carboxylic acids is 1. The molecule has 1 rings (SSSR count). The maximum absolute atomic E-state index is 10.5. The van der Waals surface area contributed by atoms with Gasteiger partial charge in [0.15, 0.2) is 0 Å². The number of rotatable bonds is 12. The fraction of sp³-hybridized carbons (Fsp3) is 0.750. The van der Waals surface area contributed by atoms with Crippen molar-refractivity contribution in [3.63, 3.8) is 0 Å². The average molecular weight is 354 g/mol. The van der Waals surface area contributed by atoms with Crippen LogP contribution < -0.4 is 0 Å². The third-order valence-corrected chi connectivity index (χ3v) is 4.91. The van der Waals surface area contributed by atoms with E-state index in [0.717, 1.165) is 25.7 Å². The van der Waals surface area contributed by atoms with Crippen LogP contribution in [0.4, 0.5) is 0 Å². The van der Waals surface area contributed by atoms with Gasteiger partial charge >= 0.3 is 5.97 Å². The molecule has 0 aromatic carbocycles. The smallest absolute Gasteiger partial charge is 0.303 e. The molecule has 1 aliphatic carbocycles. The number of carboxylic acid groups (broad SMARTS) is 1. The Morgan fingerprint density at radius 1 is 1.16 bits per heavy atom. The highest BCUT2D eigenvalue weighted by atomic mass is 16.4. The summed E-state index contributed by atoms with van der Waals surface area (Å²) >= 11 is 0. The van der Waals surface area contributed by atoms with Gasteiger partial charge in [-0.3, -0.25) is 4.79 Å². The van der Waals surface area contributed by atoms with E-state index in [4.69, 9.17) is 5.11 Å². The Kier molecular flexibility index (Phi) is 10.7. The lowest BCUT2D eigenvalue weighted by molar-refractivity contribution is -0.137. The van der Waals surface area contributed by atoms with Crippen LogP contribution in [-0.4, -0.2) is 44.7 Å². The van der Waals surface area contributed by atoms with Gasteiger partial charge in [0.1, 0.15) is 0 Å². The first-order valence-corrected chi connectivity index (χ1v) is 9.55. The van der Waals surface area contributed by atoms with Crippen molar-refractivity contribution in [2.75, 3.05) is 0 Å². The normalized spacial score (nSPS) is 28.2. The molecule has 0 unspecified atom stereocenters. The number of hydrogen-bond acceptors (Lipinski definition) is 4. The highest BCUT2D eigenvalue weighted by molar-refractivity contribution is 5.66. The lowest BCUT2D eigenvalue weighted by Crippen LogP contribution is -2.20. The van der Waals surface area contributed by atoms with Gasteiger partial charge in [0.25, 0.3) is 0 Å². The lowest BCUT2D eigenvalue weighted by Gasteiger charge is -2.19. The van der Waals surface area contributed by atoms with Crippen LogP contribution in [0.5, 0.6) is 0 Å². The van der Waals surface area contributed by atoms with Crippen LogP contribution in [-0.2, 0) is 4.79 Å². The summed E-state index contributed by atoms with van der Waals surface area (Å²) < 4.78 is 0. The van der Waals surface area contributed by atoms with Crippen LogP contribution in [0.3, 0.4) is 0 Å². The molecule has 144 valence electrons. The summed E-state index contributed by atoms with van der Waals surface area (Å²) in [4.78, 5) is 10.5. The zero-order valence-corrected chi connectivity index (χ0v) is 15.3. The van der Waals surface area contributed by atoms with E-state index >= 15 is 0 Å². The largest absolute Gasteiger partial charge is 0.481 e. The molecule has 1 saturated carbocycles. The van der Waals surface area contributed by atoms with Crippen LogP contribution in [0, 0.1) is 11.8 Å². The molecular weight excluding hydrogens is 320 g/mol. The predicted octanol–water partition coefficient (Wildman–Crippen LogP) is 3.04. The van der Waals surface area contributed by atoms with E-state index in [-0.39, 0.29) is 18.3 Å². The second kappa shape index (κ2) is 12.2. The molecule has 0 aromatic heterocycles. The van der Waals surface area contributed by atoms with Crippen LogP contribution in [0.1, 0.15) is 64.7 Å². The van der Waals surface area contributed by atoms with E-state index in [9.17, 15) is 20.1 Å². The maximum Gasteiger partial charge on any atom is 0.303 e. The third-order valence-electron chi connectivity index (χ3n) is 4.91. The predicted molar refractivity (Wildman–Crippen MR) is 98.1 cm³/mol. The fourth-order valence-electron chi connectivity index (χ4n) is 3.41. The molecule has 0 bridgehead atoms. The Balaban J connectivity index is 2.46. The van der Waals surface area contributed by atoms with Crippen LogP contribution in [0.15, 0.2) is 24.3 Å². The van der Waals surface area contributed by atoms with Crippen LogP contribution >= 0.6 is 0 Å². The number of carbonyl (C=O) groups is 1. The van der Waals surface area contributed by atoms with Crippen LogP contribution in [0.25, 0.3) is 0 Å². The summed E-state index contributed by atoms with van der Waals surface area (Å²) in [5.74, 6) is -1.00. The molecule has 5 heteroatoms. The fourth-order valence-corrected chi connectivity index (χ4v) is 3.41. The van der Waals surface area contributed by atoms with Gasteiger partial charge in [-0.25, -0.2) is 0 Å². The first kappa shape index (κ1) is 21.9. The minimum absolute atomic E-state index is 0.0650. The molecule has 1 aliphatic rings. The summed E-state index contributed by atoms with van der Waals surface area (Å²) in [6, 6.07) is 0. The number of aliphatic carboxylic acids is 1. The van der Waals surface area contributed by atoms with Crippen molar-refractivity contribution in [3.05, 3.63) is 24.3 Å². The van der Waals surface area contributed by atoms with Gasteiger partial charge < -0.3 is 20.4 Å². The molecular formula is C20H34O5. The van der Waals surface area contributed by atoms with Crippen molar-refractivity contribution in [3.8, 4) is 0 Å². The highest BCUT2D eigenvalue weighted by Crippen LogP contribution is 2.36. The van der Waals surface area contributed by atoms with Gasteiger partial charge in [0.2, 0.25) is 0 Å². The molecule has 1 fully saturated rings. The number of allylic oxidation sites excluding steroid dienone is 2. The molecule has 5 atom stereocenters. The zero-order valence-electron chi connectivity index (χ0n) is 15.3. The third kappa shape index (κ3) is 8.66. The molecule has 0 aliphatic heterocycles. The Labute approximate surface area is 151 Å². The molecule has 0 heterocycles. The van der Waals surface area contributed by atoms with E-state index in [1.165, 1.54) is 0 Å². The second-order valence-corrected chi connectivity index (χ2v) is 7.05. The topological polar surface area (TPSA) is 98.0 Å². The van der Waals surface area contributed by atoms with E-state index in [1.807, 2.05) is 18.2 Å². The Morgan fingerprint density at radius 3 is 2.60 bits per heavy atom. The van der Waals surface area contributed by atoms with Crippen molar-refractivity contribution < 1.29 is 25.2 Å². The van der Waals surface area contributed by atoms with Gasteiger partial charge in [-0.1, -0.05) is 50.5 Å². The molecule has 5 nitrogen and oxygen atoms in total. The van der Waals surface area contributed by atoms with Crippen LogP contribution in [0.2, 0.25) is 0 Å². The zero-order chi connectivity index (χ0) is 18.7. The van der Waals surface area contributed by atoms with Crippen molar-refractivity contribution >= 4 is 5.97 Å². The van der Waals surface area contributed by atoms with Crippen molar-refractivity contribution in [2.45, 2.75) is 83.0 Å². The monoisotopic (exact) mass is 354 g/mol. The number of aliphatic hydroxyl groups excluding tert-OH is 3. The average Bonchev–Trinajstić information content (AvgIpc) is 2.82. The number of unbranched alkanes of at least 4 members (excludes halogenated alkanes) is 3. The van der Waals surface area contributed by atoms with Gasteiger partial charge in [-0.05, 0) is 31.6 Å². The van der Waals surface area contributed by atoms with Gasteiger partial charge in [-0.2, -0.15) is 0 Å². The van der Waals surface area contributed by atoms with Gasteiger partial charge in [0, 0.05) is 18.8 Å². The Bertz CT molecular complexity index is 432. The minimum atomic E-state index is -0.787. The molecule has 0 saturated heterocycles. The maximum atomic E-state index is 10.5.